The van der Waals surface area contributed by atoms with Crippen molar-refractivity contribution in [3.63, 3.8) is 0 Å². The Balaban J connectivity index is -0.000000222. The van der Waals surface area contributed by atoms with E-state index in [9.17, 15) is 19.8 Å². The number of nitrogens with zero attached hydrogens (tertiary/aromatic N) is 4. The van der Waals surface area contributed by atoms with Crippen molar-refractivity contribution in [2.24, 2.45) is 0 Å². The highest BCUT2D eigenvalue weighted by molar-refractivity contribution is 5.88. The van der Waals surface area contributed by atoms with Crippen LogP contribution in [0.4, 0.5) is 35.7 Å². The van der Waals surface area contributed by atoms with Gasteiger partial charge in [-0.05, 0) is 24.3 Å². The van der Waals surface area contributed by atoms with Gasteiger partial charge in [0.05, 0.1) is 11.1 Å². The molecule has 24 N–H and O–H groups in total. The van der Waals surface area contributed by atoms with Crippen molar-refractivity contribution in [1.29, 1.82) is 0 Å². The summed E-state index contributed by atoms with van der Waals surface area (Å²) in [5.41, 5.74) is 31.4. The van der Waals surface area contributed by atoms with Crippen LogP contribution in [-0.2, 0) is 0 Å². The fraction of sp³-hybridized carbons (Fsp3) is 0. The van der Waals surface area contributed by atoms with Gasteiger partial charge in [-0.15, -0.1) is 11.5 Å². The van der Waals surface area contributed by atoms with Crippen LogP contribution in [0.1, 0.15) is 20.7 Å². The first-order valence-corrected chi connectivity index (χ1v) is 9.93. The molecule has 0 atom stereocenters. The molecule has 0 radical (unpaired) electrons. The SMILES string of the molecule is Nc1nc(N)[nH+]c(N)n1.Nc1nc(N)[nH+]c(N)n1.O.O.O.O.O=C(O)c1ccc([O-])cc1.O=C(O)c1ccc([O-])cc1. The molecule has 0 spiro atoms. The van der Waals surface area contributed by atoms with E-state index in [0.29, 0.717) is 0 Å². The highest BCUT2D eigenvalue weighted by Gasteiger charge is 2.02. The molecule has 2 aromatic heterocycles. The predicted molar refractivity (Wildman–Crippen MR) is 144 cm³/mol. The van der Waals surface area contributed by atoms with E-state index in [1.54, 1.807) is 0 Å². The normalized spacial score (nSPS) is 8.38. The van der Waals surface area contributed by atoms with Crippen LogP contribution in [0.2, 0.25) is 0 Å². The summed E-state index contributed by atoms with van der Waals surface area (Å²) < 4.78 is 0. The topological polar surface area (TPSA) is 483 Å². The van der Waals surface area contributed by atoms with E-state index in [2.05, 4.69) is 29.9 Å². The first-order valence-electron chi connectivity index (χ1n) is 9.93. The van der Waals surface area contributed by atoms with E-state index in [4.69, 9.17) is 44.6 Å². The van der Waals surface area contributed by atoms with Gasteiger partial charge < -0.3 is 76.7 Å². The minimum Gasteiger partial charge on any atom is -0.872 e. The largest absolute Gasteiger partial charge is 0.872 e. The number of nitrogen functional groups attached to an aromatic ring is 6. The van der Waals surface area contributed by atoms with E-state index in [1.807, 2.05) is 0 Å². The highest BCUT2D eigenvalue weighted by atomic mass is 16.4. The first kappa shape index (κ1) is 42.7. The molecule has 4 aromatic rings. The molecule has 0 aliphatic carbocycles. The molecule has 0 bridgehead atoms. The summed E-state index contributed by atoms with van der Waals surface area (Å²) >= 11 is 0. The summed E-state index contributed by atoms with van der Waals surface area (Å²) in [6.45, 7) is 0. The van der Waals surface area contributed by atoms with Crippen LogP contribution in [-0.4, -0.2) is 64.0 Å². The number of nitrogens with one attached hydrogen (secondary N) is 2. The Morgan fingerprint density at radius 2 is 0.738 bits per heavy atom. The van der Waals surface area contributed by atoms with Gasteiger partial charge in [-0.2, -0.15) is 0 Å². The Hall–Kier alpha value is -6.36. The number of carbonyl (C=O) groups is 2. The number of carboxylic acids is 2. The second kappa shape index (κ2) is 20.6. The Labute approximate surface area is 235 Å². The Morgan fingerprint density at radius 3 is 0.905 bits per heavy atom. The number of benzene rings is 2. The van der Waals surface area contributed by atoms with E-state index >= 15 is 0 Å². The van der Waals surface area contributed by atoms with Crippen LogP contribution in [0.15, 0.2) is 48.5 Å². The number of aromatic nitrogens is 6. The number of hydrogen-bond acceptors (Lipinski definition) is 14. The van der Waals surface area contributed by atoms with Gasteiger partial charge in [0.25, 0.3) is 0 Å². The lowest BCUT2D eigenvalue weighted by Gasteiger charge is -2.02. The van der Waals surface area contributed by atoms with Crippen LogP contribution in [0.25, 0.3) is 0 Å². The molecule has 0 saturated heterocycles. The van der Waals surface area contributed by atoms with Crippen molar-refractivity contribution in [1.82, 2.24) is 19.9 Å². The fourth-order valence-electron chi connectivity index (χ4n) is 2.11. The summed E-state index contributed by atoms with van der Waals surface area (Å²) in [6, 6.07) is 10.0. The number of nitrogens with two attached hydrogens (primary N) is 6. The zero-order valence-electron chi connectivity index (χ0n) is 21.4. The Kier molecular flexibility index (Phi) is 20.9. The molecule has 42 heavy (non-hydrogen) atoms. The quantitative estimate of drug-likeness (QED) is 0.106. The average Bonchev–Trinajstić information content (AvgIpc) is 2.79. The van der Waals surface area contributed by atoms with Crippen molar-refractivity contribution >= 4 is 47.6 Å². The molecular weight excluding hydrogens is 568 g/mol. The van der Waals surface area contributed by atoms with Crippen molar-refractivity contribution in [2.45, 2.75) is 0 Å². The third kappa shape index (κ3) is 17.2. The minimum absolute atomic E-state index is 0. The van der Waals surface area contributed by atoms with Crippen molar-refractivity contribution in [3.05, 3.63) is 59.7 Å². The Morgan fingerprint density at radius 1 is 0.524 bits per heavy atom. The maximum atomic E-state index is 10.5. The van der Waals surface area contributed by atoms with Crippen molar-refractivity contribution < 1.29 is 61.9 Å². The van der Waals surface area contributed by atoms with Crippen LogP contribution < -0.4 is 54.6 Å². The van der Waals surface area contributed by atoms with Gasteiger partial charge in [0.15, 0.2) is 0 Å². The smallest absolute Gasteiger partial charge is 0.335 e. The zero-order valence-corrected chi connectivity index (χ0v) is 21.4. The van der Waals surface area contributed by atoms with Crippen LogP contribution in [0.5, 0.6) is 11.5 Å². The molecule has 0 aliphatic rings. The minimum atomic E-state index is -1.01. The molecule has 0 unspecified atom stereocenters. The van der Waals surface area contributed by atoms with E-state index in [-0.39, 0.29) is 80.2 Å². The molecule has 22 nitrogen and oxygen atoms in total. The third-order valence-corrected chi connectivity index (χ3v) is 3.65. The standard InChI is InChI=1S/2C7H6O3.2C3H6N6.4H2O/c2*8-6-3-1-5(2-4-6)7(9)10;2*4-1-7-2(5)9-3(6)8-1;;;;/h2*1-4,8H,(H,9,10);2*(H6,4,5,6,7,8,9);4*1H2. The lowest BCUT2D eigenvalue weighted by atomic mass is 10.2. The fourth-order valence-corrected chi connectivity index (χ4v) is 2.11. The molecule has 232 valence electrons. The van der Waals surface area contributed by atoms with Crippen LogP contribution in [0, 0.1) is 0 Å². The van der Waals surface area contributed by atoms with Gasteiger partial charge in [-0.3, -0.25) is 0 Å². The van der Waals surface area contributed by atoms with Crippen LogP contribution >= 0.6 is 0 Å². The maximum absolute atomic E-state index is 10.5. The summed E-state index contributed by atoms with van der Waals surface area (Å²) in [4.78, 5) is 39.5. The van der Waals surface area contributed by atoms with Gasteiger partial charge in [0.1, 0.15) is 0 Å². The summed E-state index contributed by atoms with van der Waals surface area (Å²) in [6.07, 6.45) is 0. The number of anilines is 6. The van der Waals surface area contributed by atoms with Gasteiger partial charge >= 0.3 is 47.6 Å². The van der Waals surface area contributed by atoms with Crippen molar-refractivity contribution in [3.8, 4) is 11.5 Å². The zero-order chi connectivity index (χ0) is 28.8. The lowest BCUT2D eigenvalue weighted by molar-refractivity contribution is -0.351. The number of aromatic amines is 2. The molecule has 0 aliphatic heterocycles. The maximum Gasteiger partial charge on any atom is 0.335 e. The van der Waals surface area contributed by atoms with Gasteiger partial charge in [0, 0.05) is 0 Å². The molecule has 22 heteroatoms. The van der Waals surface area contributed by atoms with Gasteiger partial charge in [0.2, 0.25) is 0 Å². The number of carboxylic acid groups (broad SMARTS) is 2. The number of aromatic carboxylic acids is 2. The van der Waals surface area contributed by atoms with Crippen LogP contribution in [0.3, 0.4) is 0 Å². The van der Waals surface area contributed by atoms with E-state index < -0.39 is 11.9 Å². The summed E-state index contributed by atoms with van der Waals surface area (Å²) in [7, 11) is 0. The summed E-state index contributed by atoms with van der Waals surface area (Å²) in [5, 5.41) is 37.6. The van der Waals surface area contributed by atoms with E-state index in [0.717, 1.165) is 0 Å². The monoisotopic (exact) mass is 600 g/mol. The third-order valence-electron chi connectivity index (χ3n) is 3.65. The van der Waals surface area contributed by atoms with Crippen molar-refractivity contribution in [2.75, 3.05) is 34.4 Å². The van der Waals surface area contributed by atoms with E-state index in [1.165, 1.54) is 48.5 Å². The highest BCUT2D eigenvalue weighted by Crippen LogP contribution is 2.06. The van der Waals surface area contributed by atoms with Gasteiger partial charge in [-0.25, -0.2) is 19.6 Å². The molecular formula is C20H32N12O10. The molecule has 2 aromatic carbocycles. The number of hydrogen-bond donors (Lipinski definition) is 8. The predicted octanol–water partition coefficient (Wildman–Crippen LogP) is -6.31. The molecule has 2 heterocycles. The average molecular weight is 601 g/mol. The molecule has 4 rings (SSSR count). The first-order chi connectivity index (χ1) is 17.8. The molecule has 0 fully saturated rings. The molecule has 0 saturated carbocycles. The summed E-state index contributed by atoms with van der Waals surface area (Å²) in [5.74, 6) is -1.57. The number of rotatable bonds is 2. The second-order valence-electron chi connectivity index (χ2n) is 6.61. The Bertz CT molecular complexity index is 1160. The number of H-pyrrole nitrogens is 2. The lowest BCUT2D eigenvalue weighted by Crippen LogP contribution is -2.20. The second-order valence-corrected chi connectivity index (χ2v) is 6.61. The van der Waals surface area contributed by atoms with Gasteiger partial charge in [-0.1, -0.05) is 44.2 Å². The molecule has 0 amide bonds.